The molecule has 0 heterocycles. The topological polar surface area (TPSA) is 0 Å². The molecule has 1 aliphatic carbocycles. The van der Waals surface area contributed by atoms with Gasteiger partial charge in [0.2, 0.25) is 0 Å². The average Bonchev–Trinajstić information content (AvgIpc) is 2.71. The van der Waals surface area contributed by atoms with Crippen molar-refractivity contribution in [1.29, 1.82) is 0 Å². The third kappa shape index (κ3) is 3.49. The molecule has 1 saturated carbocycles. The average molecular weight is 136 g/mol. The van der Waals surface area contributed by atoms with Crippen LogP contribution in [0.1, 0.15) is 38.5 Å². The lowest BCUT2D eigenvalue weighted by Crippen LogP contribution is -1.70. The summed E-state index contributed by atoms with van der Waals surface area (Å²) in [5.74, 6) is 0. The number of rotatable bonds is 5. The van der Waals surface area contributed by atoms with Crippen LogP contribution >= 0.6 is 0 Å². The van der Waals surface area contributed by atoms with E-state index in [-0.39, 0.29) is 0 Å². The number of hydrogen-bond donors (Lipinski definition) is 0. The summed E-state index contributed by atoms with van der Waals surface area (Å²) in [4.78, 5) is 0. The van der Waals surface area contributed by atoms with Crippen molar-refractivity contribution in [1.82, 2.24) is 0 Å². The summed E-state index contributed by atoms with van der Waals surface area (Å²) in [5, 5.41) is 0. The molecule has 0 spiro atoms. The van der Waals surface area contributed by atoms with Crippen LogP contribution in [-0.2, 0) is 0 Å². The largest absolute Gasteiger partial charge is 0.103 e. The van der Waals surface area contributed by atoms with E-state index >= 15 is 0 Å². The highest BCUT2D eigenvalue weighted by Crippen LogP contribution is 2.28. The minimum atomic E-state index is 1.18. The first-order valence-electron chi connectivity index (χ1n) is 4.22. The lowest BCUT2D eigenvalue weighted by atomic mass is 10.2. The van der Waals surface area contributed by atoms with Gasteiger partial charge in [0.15, 0.2) is 0 Å². The maximum atomic E-state index is 3.69. The van der Waals surface area contributed by atoms with Crippen LogP contribution in [0.25, 0.3) is 0 Å². The smallest absolute Gasteiger partial charge is 0.0283 e. The first-order chi connectivity index (χ1) is 4.93. The van der Waals surface area contributed by atoms with Crippen molar-refractivity contribution in [2.45, 2.75) is 38.5 Å². The molecule has 0 amide bonds. The van der Waals surface area contributed by atoms with Crippen LogP contribution in [0.2, 0.25) is 0 Å². The Labute approximate surface area is 63.6 Å². The van der Waals surface area contributed by atoms with Gasteiger partial charge in [0.05, 0.1) is 0 Å². The number of allylic oxidation sites excluding steroid dienone is 3. The van der Waals surface area contributed by atoms with E-state index in [1.54, 1.807) is 5.57 Å². The van der Waals surface area contributed by atoms with Crippen molar-refractivity contribution in [2.75, 3.05) is 0 Å². The lowest BCUT2D eigenvalue weighted by Gasteiger charge is -1.90. The van der Waals surface area contributed by atoms with Crippen molar-refractivity contribution >= 4 is 0 Å². The molecule has 0 N–H and O–H groups in total. The SMILES string of the molecule is C=CCCCCC=C1CC1. The van der Waals surface area contributed by atoms with Crippen LogP contribution in [0.3, 0.4) is 0 Å². The van der Waals surface area contributed by atoms with E-state index in [2.05, 4.69) is 12.7 Å². The minimum absolute atomic E-state index is 1.18. The molecule has 0 saturated heterocycles. The predicted molar refractivity (Wildman–Crippen MR) is 46.0 cm³/mol. The van der Waals surface area contributed by atoms with Gasteiger partial charge in [0.25, 0.3) is 0 Å². The Morgan fingerprint density at radius 2 is 1.90 bits per heavy atom. The summed E-state index contributed by atoms with van der Waals surface area (Å²) >= 11 is 0. The fourth-order valence-corrected chi connectivity index (χ4v) is 1.02. The molecule has 10 heavy (non-hydrogen) atoms. The molecule has 0 bridgehead atoms. The maximum Gasteiger partial charge on any atom is -0.0283 e. The molecule has 1 rings (SSSR count). The standard InChI is InChI=1S/C10H16/c1-2-3-4-5-6-7-10-8-9-10/h2,7H,1,3-6,8-9H2. The molecule has 0 aromatic rings. The summed E-state index contributed by atoms with van der Waals surface area (Å²) in [7, 11) is 0. The van der Waals surface area contributed by atoms with Crippen molar-refractivity contribution < 1.29 is 0 Å². The van der Waals surface area contributed by atoms with Gasteiger partial charge in [0, 0.05) is 0 Å². The van der Waals surface area contributed by atoms with E-state index in [1.165, 1.54) is 38.5 Å². The first kappa shape index (κ1) is 7.59. The summed E-state index contributed by atoms with van der Waals surface area (Å²) in [6.07, 6.45) is 12.3. The van der Waals surface area contributed by atoms with Crippen molar-refractivity contribution in [3.63, 3.8) is 0 Å². The molecule has 0 unspecified atom stereocenters. The molecular weight excluding hydrogens is 120 g/mol. The summed E-state index contributed by atoms with van der Waals surface area (Å²) in [6, 6.07) is 0. The van der Waals surface area contributed by atoms with E-state index in [4.69, 9.17) is 0 Å². The zero-order valence-electron chi connectivity index (χ0n) is 6.60. The fraction of sp³-hybridized carbons (Fsp3) is 0.600. The second-order valence-electron chi connectivity index (χ2n) is 2.94. The summed E-state index contributed by atoms with van der Waals surface area (Å²) < 4.78 is 0. The zero-order valence-corrected chi connectivity index (χ0v) is 6.60. The highest BCUT2D eigenvalue weighted by atomic mass is 14.1. The third-order valence-electron chi connectivity index (χ3n) is 1.83. The van der Waals surface area contributed by atoms with E-state index in [9.17, 15) is 0 Å². The molecular formula is C10H16. The van der Waals surface area contributed by atoms with Gasteiger partial charge in [-0.2, -0.15) is 0 Å². The first-order valence-corrected chi connectivity index (χ1v) is 4.22. The Bertz CT molecular complexity index is 125. The van der Waals surface area contributed by atoms with E-state index in [1.807, 2.05) is 6.08 Å². The van der Waals surface area contributed by atoms with Gasteiger partial charge in [-0.15, -0.1) is 6.58 Å². The molecule has 0 aromatic carbocycles. The minimum Gasteiger partial charge on any atom is -0.103 e. The van der Waals surface area contributed by atoms with Crippen LogP contribution in [0.4, 0.5) is 0 Å². The van der Waals surface area contributed by atoms with Gasteiger partial charge >= 0.3 is 0 Å². The quantitative estimate of drug-likeness (QED) is 0.401. The second-order valence-corrected chi connectivity index (χ2v) is 2.94. The van der Waals surface area contributed by atoms with Crippen molar-refractivity contribution in [2.24, 2.45) is 0 Å². The van der Waals surface area contributed by atoms with Crippen LogP contribution in [0.5, 0.6) is 0 Å². The highest BCUT2D eigenvalue weighted by molar-refractivity contribution is 5.15. The molecule has 0 heteroatoms. The van der Waals surface area contributed by atoms with Gasteiger partial charge in [-0.1, -0.05) is 17.7 Å². The Kier molecular flexibility index (Phi) is 3.28. The molecule has 1 fully saturated rings. The number of hydrogen-bond acceptors (Lipinski definition) is 0. The van der Waals surface area contributed by atoms with Crippen LogP contribution in [-0.4, -0.2) is 0 Å². The van der Waals surface area contributed by atoms with Crippen LogP contribution in [0.15, 0.2) is 24.3 Å². The molecule has 0 aliphatic heterocycles. The van der Waals surface area contributed by atoms with Gasteiger partial charge in [0.1, 0.15) is 0 Å². The fourth-order valence-electron chi connectivity index (χ4n) is 1.02. The van der Waals surface area contributed by atoms with E-state index in [0.717, 1.165) is 0 Å². The number of unbranched alkanes of at least 4 members (excludes halogenated alkanes) is 3. The zero-order chi connectivity index (χ0) is 7.23. The molecule has 1 aliphatic rings. The van der Waals surface area contributed by atoms with Gasteiger partial charge in [-0.05, 0) is 38.5 Å². The summed E-state index contributed by atoms with van der Waals surface area (Å²) in [6.45, 7) is 3.69. The molecule has 0 aromatic heterocycles. The Hall–Kier alpha value is -0.520. The van der Waals surface area contributed by atoms with Gasteiger partial charge in [-0.25, -0.2) is 0 Å². The third-order valence-corrected chi connectivity index (χ3v) is 1.83. The maximum absolute atomic E-state index is 3.69. The monoisotopic (exact) mass is 136 g/mol. The molecule has 0 radical (unpaired) electrons. The Balaban J connectivity index is 1.85. The molecule has 56 valence electrons. The van der Waals surface area contributed by atoms with Gasteiger partial charge < -0.3 is 0 Å². The molecule has 0 nitrogen and oxygen atoms in total. The Morgan fingerprint density at radius 3 is 2.50 bits per heavy atom. The molecule has 0 atom stereocenters. The van der Waals surface area contributed by atoms with E-state index < -0.39 is 0 Å². The predicted octanol–water partition coefficient (Wildman–Crippen LogP) is 3.45. The highest BCUT2D eigenvalue weighted by Gasteiger charge is 2.08. The van der Waals surface area contributed by atoms with Crippen molar-refractivity contribution in [3.05, 3.63) is 24.3 Å². The lowest BCUT2D eigenvalue weighted by molar-refractivity contribution is 0.762. The normalized spacial score (nSPS) is 15.0. The van der Waals surface area contributed by atoms with Crippen LogP contribution < -0.4 is 0 Å². The summed E-state index contributed by atoms with van der Waals surface area (Å²) in [5.41, 5.74) is 1.68. The Morgan fingerprint density at radius 1 is 1.20 bits per heavy atom. The second kappa shape index (κ2) is 4.32. The van der Waals surface area contributed by atoms with Crippen LogP contribution in [0, 0.1) is 0 Å². The van der Waals surface area contributed by atoms with Crippen molar-refractivity contribution in [3.8, 4) is 0 Å². The van der Waals surface area contributed by atoms with E-state index in [0.29, 0.717) is 0 Å². The van der Waals surface area contributed by atoms with Gasteiger partial charge in [-0.3, -0.25) is 0 Å².